The molecule has 10 heteroatoms. The van der Waals surface area contributed by atoms with E-state index in [9.17, 15) is 4.79 Å². The predicted molar refractivity (Wildman–Crippen MR) is 153 cm³/mol. The minimum Gasteiger partial charge on any atom is -0.444 e. The number of anilines is 2. The lowest BCUT2D eigenvalue weighted by Gasteiger charge is -2.36. The van der Waals surface area contributed by atoms with Crippen LogP contribution in [-0.2, 0) is 4.74 Å². The van der Waals surface area contributed by atoms with Gasteiger partial charge in [0.15, 0.2) is 0 Å². The highest BCUT2D eigenvalue weighted by molar-refractivity contribution is 6.34. The van der Waals surface area contributed by atoms with Crippen molar-refractivity contribution in [1.82, 2.24) is 15.1 Å². The van der Waals surface area contributed by atoms with Crippen LogP contribution in [0.15, 0.2) is 40.8 Å². The third kappa shape index (κ3) is 6.63. The lowest BCUT2D eigenvalue weighted by atomic mass is 10.0. The highest BCUT2D eigenvalue weighted by atomic mass is 35.5. The molecule has 0 aliphatic carbocycles. The Bertz CT molecular complexity index is 1350. The highest BCUT2D eigenvalue weighted by Crippen LogP contribution is 2.36. The van der Waals surface area contributed by atoms with E-state index >= 15 is 0 Å². The van der Waals surface area contributed by atoms with E-state index in [-0.39, 0.29) is 18.1 Å². The zero-order valence-corrected chi connectivity index (χ0v) is 24.0. The van der Waals surface area contributed by atoms with Crippen molar-refractivity contribution in [3.8, 4) is 11.5 Å². The number of carbonyl (C=O) groups is 1. The molecule has 9 nitrogen and oxygen atoms in total. The SMILES string of the molecule is [C-]#[N+]c1ccc(N[C@@H](c2nnc(-c3ccc(N4CCN(C(=O)OC(C)(C)C)CC4)cc3)o2)C(C)C)c(C)c1Cl. The molecule has 1 aliphatic heterocycles. The van der Waals surface area contributed by atoms with Gasteiger partial charge in [-0.3, -0.25) is 0 Å². The van der Waals surface area contributed by atoms with Crippen molar-refractivity contribution < 1.29 is 13.9 Å². The highest BCUT2D eigenvalue weighted by Gasteiger charge is 2.27. The minimum absolute atomic E-state index is 0.152. The Morgan fingerprint density at radius 3 is 2.36 bits per heavy atom. The maximum atomic E-state index is 12.4. The summed E-state index contributed by atoms with van der Waals surface area (Å²) in [7, 11) is 0. The van der Waals surface area contributed by atoms with Crippen molar-refractivity contribution in [2.45, 2.75) is 53.2 Å². The number of hydrogen-bond donors (Lipinski definition) is 1. The van der Waals surface area contributed by atoms with Crippen LogP contribution < -0.4 is 10.2 Å². The van der Waals surface area contributed by atoms with Gasteiger partial charge in [-0.2, -0.15) is 0 Å². The van der Waals surface area contributed by atoms with Crippen LogP contribution >= 0.6 is 11.6 Å². The predicted octanol–water partition coefficient (Wildman–Crippen LogP) is 7.12. The first-order valence-corrected chi connectivity index (χ1v) is 13.4. The van der Waals surface area contributed by atoms with Crippen LogP contribution in [0.5, 0.6) is 0 Å². The summed E-state index contributed by atoms with van der Waals surface area (Å²) >= 11 is 6.37. The Morgan fingerprint density at radius 2 is 1.77 bits per heavy atom. The van der Waals surface area contributed by atoms with Crippen LogP contribution in [0.3, 0.4) is 0 Å². The second-order valence-corrected chi connectivity index (χ2v) is 11.4. The van der Waals surface area contributed by atoms with Gasteiger partial charge in [-0.1, -0.05) is 31.5 Å². The summed E-state index contributed by atoms with van der Waals surface area (Å²) in [6, 6.07) is 11.3. The Morgan fingerprint density at radius 1 is 1.10 bits per heavy atom. The fourth-order valence-corrected chi connectivity index (χ4v) is 4.57. The summed E-state index contributed by atoms with van der Waals surface area (Å²) in [6.07, 6.45) is -0.266. The van der Waals surface area contributed by atoms with Crippen molar-refractivity contribution in [3.63, 3.8) is 0 Å². The van der Waals surface area contributed by atoms with Crippen molar-refractivity contribution in [2.75, 3.05) is 36.4 Å². The Kier molecular flexibility index (Phi) is 8.36. The molecule has 1 aromatic heterocycles. The Labute approximate surface area is 234 Å². The topological polar surface area (TPSA) is 88.1 Å². The number of ether oxygens (including phenoxy) is 1. The van der Waals surface area contributed by atoms with Crippen LogP contribution in [0.25, 0.3) is 16.3 Å². The first-order valence-electron chi connectivity index (χ1n) is 13.1. The van der Waals surface area contributed by atoms with E-state index in [0.29, 0.717) is 35.6 Å². The number of nitrogens with zero attached hydrogens (tertiary/aromatic N) is 5. The number of carbonyl (C=O) groups excluding carboxylic acids is 1. The van der Waals surface area contributed by atoms with Gasteiger partial charge in [0.05, 0.1) is 11.6 Å². The molecule has 1 fully saturated rings. The van der Waals surface area contributed by atoms with Gasteiger partial charge >= 0.3 is 6.09 Å². The average Bonchev–Trinajstić information content (AvgIpc) is 3.38. The maximum absolute atomic E-state index is 12.4. The normalized spacial score (nSPS) is 14.7. The largest absolute Gasteiger partial charge is 0.444 e. The van der Waals surface area contributed by atoms with Crippen molar-refractivity contribution >= 4 is 34.8 Å². The Hall–Kier alpha value is -3.77. The van der Waals surface area contributed by atoms with Gasteiger partial charge < -0.3 is 24.3 Å². The van der Waals surface area contributed by atoms with Crippen LogP contribution in [0.4, 0.5) is 21.9 Å². The molecule has 2 heterocycles. The molecule has 1 aliphatic rings. The quantitative estimate of drug-likeness (QED) is 0.327. The zero-order valence-electron chi connectivity index (χ0n) is 23.3. The van der Waals surface area contributed by atoms with Gasteiger partial charge in [0, 0.05) is 43.1 Å². The first-order chi connectivity index (χ1) is 18.5. The van der Waals surface area contributed by atoms with Crippen molar-refractivity contribution in [2.24, 2.45) is 5.92 Å². The van der Waals surface area contributed by atoms with Gasteiger partial charge in [-0.05, 0) is 69.5 Å². The van der Waals surface area contributed by atoms with Gasteiger partial charge in [0.25, 0.3) is 0 Å². The van der Waals surface area contributed by atoms with E-state index in [2.05, 4.69) is 39.1 Å². The second-order valence-electron chi connectivity index (χ2n) is 11.0. The molecule has 0 unspecified atom stereocenters. The molecule has 4 rings (SSSR count). The van der Waals surface area contributed by atoms with Crippen molar-refractivity contribution in [3.05, 3.63) is 64.3 Å². The van der Waals surface area contributed by atoms with Crippen LogP contribution in [-0.4, -0.2) is 53.0 Å². The third-order valence-corrected chi connectivity index (χ3v) is 7.06. The maximum Gasteiger partial charge on any atom is 0.410 e. The zero-order chi connectivity index (χ0) is 28.3. The standard InChI is InChI=1S/C29H35ClN6O3/c1-18(2)25(32-22-12-13-23(31-7)24(30)19(22)3)27-34-33-26(38-27)20-8-10-21(11-9-20)35-14-16-36(17-15-35)28(37)39-29(4,5)6/h8-13,18,25,32H,14-17H2,1-6H3/t25-/m1/s1. The van der Waals surface area contributed by atoms with E-state index in [1.165, 1.54) is 0 Å². The summed E-state index contributed by atoms with van der Waals surface area (Å²) < 4.78 is 11.6. The molecule has 206 valence electrons. The molecule has 39 heavy (non-hydrogen) atoms. The van der Waals surface area contributed by atoms with Crippen molar-refractivity contribution in [1.29, 1.82) is 0 Å². The molecule has 3 aromatic rings. The van der Waals surface area contributed by atoms with E-state index in [1.807, 2.05) is 58.0 Å². The molecule has 1 saturated heterocycles. The lowest BCUT2D eigenvalue weighted by molar-refractivity contribution is 0.0240. The second kappa shape index (κ2) is 11.5. The molecule has 0 spiro atoms. The molecule has 0 saturated carbocycles. The summed E-state index contributed by atoms with van der Waals surface area (Å²) in [4.78, 5) is 19.8. The van der Waals surface area contributed by atoms with Gasteiger partial charge in [0.2, 0.25) is 17.5 Å². The van der Waals surface area contributed by atoms with E-state index in [4.69, 9.17) is 27.3 Å². The number of benzene rings is 2. The summed E-state index contributed by atoms with van der Waals surface area (Å²) in [5, 5.41) is 12.6. The number of nitrogens with one attached hydrogen (secondary N) is 1. The number of rotatable bonds is 6. The average molecular weight is 551 g/mol. The van der Waals surface area contributed by atoms with Crippen LogP contribution in [0, 0.1) is 19.4 Å². The smallest absolute Gasteiger partial charge is 0.410 e. The number of aromatic nitrogens is 2. The van der Waals surface area contributed by atoms with E-state index < -0.39 is 5.60 Å². The minimum atomic E-state index is -0.499. The van der Waals surface area contributed by atoms with E-state index in [0.717, 1.165) is 35.6 Å². The van der Waals surface area contributed by atoms with Crippen LogP contribution in [0.1, 0.15) is 52.1 Å². The molecule has 0 bridgehead atoms. The van der Waals surface area contributed by atoms with Crippen LogP contribution in [0.2, 0.25) is 5.02 Å². The molecule has 1 atom stereocenters. The van der Waals surface area contributed by atoms with Gasteiger partial charge in [-0.25, -0.2) is 9.64 Å². The first kappa shape index (κ1) is 28.2. The molecule has 0 radical (unpaired) electrons. The monoisotopic (exact) mass is 550 g/mol. The lowest BCUT2D eigenvalue weighted by Crippen LogP contribution is -2.50. The summed E-state index contributed by atoms with van der Waals surface area (Å²) in [5.74, 6) is 1.07. The van der Waals surface area contributed by atoms with Gasteiger partial charge in [0.1, 0.15) is 11.6 Å². The number of halogens is 1. The Balaban J connectivity index is 1.42. The molecule has 2 aromatic carbocycles. The fourth-order valence-electron chi connectivity index (χ4n) is 4.36. The molecular weight excluding hydrogens is 516 g/mol. The molecule has 1 amide bonds. The molecule has 1 N–H and O–H groups in total. The summed E-state index contributed by atoms with van der Waals surface area (Å²) in [5.41, 5.74) is 3.45. The van der Waals surface area contributed by atoms with Gasteiger partial charge in [-0.15, -0.1) is 10.2 Å². The third-order valence-electron chi connectivity index (χ3n) is 6.58. The summed E-state index contributed by atoms with van der Waals surface area (Å²) in [6.45, 7) is 21.6. The number of piperazine rings is 1. The number of amides is 1. The number of hydrogen-bond acceptors (Lipinski definition) is 7. The fraction of sp³-hybridized carbons (Fsp3) is 0.448. The van der Waals surface area contributed by atoms with E-state index in [1.54, 1.807) is 11.0 Å². The molecular formula is C29H35ClN6O3.